The molecule has 0 saturated carbocycles. The van der Waals surface area contributed by atoms with E-state index in [9.17, 15) is 4.79 Å². The van der Waals surface area contributed by atoms with Crippen molar-refractivity contribution in [1.29, 1.82) is 0 Å². The van der Waals surface area contributed by atoms with Crippen molar-refractivity contribution in [2.45, 2.75) is 20.0 Å². The third-order valence-corrected chi connectivity index (χ3v) is 3.88. The maximum absolute atomic E-state index is 11.6. The Labute approximate surface area is 141 Å². The highest BCUT2D eigenvalue weighted by atomic mass is 16.5. The molecule has 1 aromatic heterocycles. The molecule has 24 heavy (non-hydrogen) atoms. The minimum Gasteiger partial charge on any atom is -0.497 e. The lowest BCUT2D eigenvalue weighted by Crippen LogP contribution is -2.35. The topological polar surface area (TPSA) is 35.1 Å². The number of Topliss-reactive ketones (excluding diaryl/α,β-unsaturated/α-hetero) is 1. The van der Waals surface area contributed by atoms with E-state index in [1.807, 2.05) is 53.4 Å². The molecule has 0 unspecified atom stereocenters. The van der Waals surface area contributed by atoms with Gasteiger partial charge in [0.05, 0.1) is 12.7 Å². The van der Waals surface area contributed by atoms with Crippen LogP contribution in [0.5, 0.6) is 5.75 Å². The van der Waals surface area contributed by atoms with Crippen LogP contribution in [0.15, 0.2) is 67.0 Å². The minimum absolute atomic E-state index is 0.135. The number of hydrogen-bond acceptors (Lipinski definition) is 2. The Hall–Kier alpha value is -2.88. The minimum atomic E-state index is 0.135. The molecule has 4 heteroatoms. The fourth-order valence-corrected chi connectivity index (χ4v) is 2.85. The molecule has 3 aromatic rings. The molecule has 3 rings (SSSR count). The van der Waals surface area contributed by atoms with Gasteiger partial charge < -0.3 is 4.74 Å². The molecule has 2 aromatic carbocycles. The third-order valence-electron chi connectivity index (χ3n) is 3.88. The molecule has 0 bridgehead atoms. The van der Waals surface area contributed by atoms with Crippen LogP contribution in [0.3, 0.4) is 0 Å². The molecule has 0 radical (unpaired) electrons. The Morgan fingerprint density at radius 3 is 2.62 bits per heavy atom. The molecular formula is C20H21N2O2+. The van der Waals surface area contributed by atoms with Crippen LogP contribution < -0.4 is 9.30 Å². The van der Waals surface area contributed by atoms with Crippen molar-refractivity contribution in [1.82, 2.24) is 4.57 Å². The Morgan fingerprint density at radius 1 is 1.12 bits per heavy atom. The van der Waals surface area contributed by atoms with E-state index in [4.69, 9.17) is 4.74 Å². The maximum Gasteiger partial charge on any atom is 0.289 e. The van der Waals surface area contributed by atoms with Crippen molar-refractivity contribution >= 4 is 5.78 Å². The fraction of sp³-hybridized carbons (Fsp3) is 0.200. The zero-order valence-electron chi connectivity index (χ0n) is 14.0. The molecule has 0 fully saturated rings. The first-order chi connectivity index (χ1) is 11.7. The third kappa shape index (κ3) is 3.54. The summed E-state index contributed by atoms with van der Waals surface area (Å²) in [5.74, 6) is 2.00. The van der Waals surface area contributed by atoms with Gasteiger partial charge in [-0.25, -0.2) is 9.13 Å². The lowest BCUT2D eigenvalue weighted by molar-refractivity contribution is -0.676. The number of carbonyl (C=O) groups is 1. The van der Waals surface area contributed by atoms with Gasteiger partial charge in [0.15, 0.2) is 5.78 Å². The van der Waals surface area contributed by atoms with Gasteiger partial charge in [0.25, 0.3) is 5.82 Å². The van der Waals surface area contributed by atoms with E-state index in [2.05, 4.69) is 22.8 Å². The predicted molar refractivity (Wildman–Crippen MR) is 92.8 cm³/mol. The number of ketones is 1. The second-order valence-corrected chi connectivity index (χ2v) is 5.80. The average molecular weight is 321 g/mol. The fourth-order valence-electron chi connectivity index (χ4n) is 2.85. The molecule has 0 aliphatic carbocycles. The Morgan fingerprint density at radius 2 is 1.92 bits per heavy atom. The van der Waals surface area contributed by atoms with Crippen LogP contribution in [0.25, 0.3) is 11.4 Å². The van der Waals surface area contributed by atoms with E-state index in [1.54, 1.807) is 14.0 Å². The van der Waals surface area contributed by atoms with Crippen LogP contribution in [0.2, 0.25) is 0 Å². The van der Waals surface area contributed by atoms with Crippen molar-refractivity contribution in [2.24, 2.45) is 0 Å². The van der Waals surface area contributed by atoms with Gasteiger partial charge in [-0.3, -0.25) is 4.79 Å². The molecule has 0 N–H and O–H groups in total. The molecule has 0 saturated heterocycles. The van der Waals surface area contributed by atoms with Gasteiger partial charge in [-0.2, -0.15) is 0 Å². The molecule has 0 amide bonds. The van der Waals surface area contributed by atoms with Crippen molar-refractivity contribution in [3.8, 4) is 17.1 Å². The summed E-state index contributed by atoms with van der Waals surface area (Å²) in [5.41, 5.74) is 2.24. The quantitative estimate of drug-likeness (QED) is 0.654. The van der Waals surface area contributed by atoms with Crippen LogP contribution in [0.4, 0.5) is 0 Å². The lowest BCUT2D eigenvalue weighted by atomic mass is 10.2. The summed E-state index contributed by atoms with van der Waals surface area (Å²) in [6.07, 6.45) is 3.98. The number of carbonyl (C=O) groups excluding carboxylic acids is 1. The molecule has 4 nitrogen and oxygen atoms in total. The first kappa shape index (κ1) is 16.0. The van der Waals surface area contributed by atoms with E-state index in [1.165, 1.54) is 0 Å². The summed E-state index contributed by atoms with van der Waals surface area (Å²) in [5, 5.41) is 0. The van der Waals surface area contributed by atoms with Crippen LogP contribution >= 0.6 is 0 Å². The summed E-state index contributed by atoms with van der Waals surface area (Å²) in [6.45, 7) is 2.70. The summed E-state index contributed by atoms with van der Waals surface area (Å²) < 4.78 is 9.46. The van der Waals surface area contributed by atoms with Gasteiger partial charge >= 0.3 is 0 Å². The van der Waals surface area contributed by atoms with E-state index >= 15 is 0 Å². The molecule has 0 atom stereocenters. The van der Waals surface area contributed by atoms with E-state index < -0.39 is 0 Å². The number of benzene rings is 2. The van der Waals surface area contributed by atoms with Gasteiger partial charge in [-0.1, -0.05) is 30.3 Å². The zero-order chi connectivity index (χ0) is 16.9. The highest BCUT2D eigenvalue weighted by Crippen LogP contribution is 2.17. The van der Waals surface area contributed by atoms with E-state index in [-0.39, 0.29) is 5.78 Å². The predicted octanol–water partition coefficient (Wildman–Crippen LogP) is 3.09. The largest absolute Gasteiger partial charge is 0.497 e. The lowest BCUT2D eigenvalue weighted by Gasteiger charge is -2.06. The summed E-state index contributed by atoms with van der Waals surface area (Å²) >= 11 is 0. The van der Waals surface area contributed by atoms with Crippen LogP contribution in [0.1, 0.15) is 12.5 Å². The Bertz CT molecular complexity index is 838. The van der Waals surface area contributed by atoms with Crippen molar-refractivity contribution < 1.29 is 14.1 Å². The number of rotatable bonds is 6. The summed E-state index contributed by atoms with van der Waals surface area (Å²) in [6, 6.07) is 18.2. The molecule has 0 spiro atoms. The van der Waals surface area contributed by atoms with E-state index in [0.717, 1.165) is 22.7 Å². The highest BCUT2D eigenvalue weighted by molar-refractivity contribution is 5.75. The van der Waals surface area contributed by atoms with Gasteiger partial charge in [0.2, 0.25) is 0 Å². The molecule has 0 aliphatic heterocycles. The number of imidazole rings is 1. The van der Waals surface area contributed by atoms with Gasteiger partial charge in [-0.15, -0.1) is 0 Å². The first-order valence-corrected chi connectivity index (χ1v) is 7.94. The number of methoxy groups -OCH3 is 1. The van der Waals surface area contributed by atoms with Crippen LogP contribution in [0, 0.1) is 0 Å². The zero-order valence-corrected chi connectivity index (χ0v) is 14.0. The smallest absolute Gasteiger partial charge is 0.289 e. The van der Waals surface area contributed by atoms with Crippen LogP contribution in [-0.2, 0) is 17.9 Å². The summed E-state index contributed by atoms with van der Waals surface area (Å²) in [4.78, 5) is 11.6. The maximum atomic E-state index is 11.6. The number of nitrogens with zero attached hydrogens (tertiary/aromatic N) is 2. The van der Waals surface area contributed by atoms with Gasteiger partial charge in [0.1, 0.15) is 31.2 Å². The normalized spacial score (nSPS) is 10.6. The number of ether oxygens (including phenoxy) is 1. The monoisotopic (exact) mass is 321 g/mol. The van der Waals surface area contributed by atoms with Crippen LogP contribution in [-0.4, -0.2) is 17.5 Å². The molecule has 0 aliphatic rings. The molecule has 122 valence electrons. The highest BCUT2D eigenvalue weighted by Gasteiger charge is 2.20. The Balaban J connectivity index is 2.01. The average Bonchev–Trinajstić information content (AvgIpc) is 2.97. The second kappa shape index (κ2) is 7.13. The Kier molecular flexibility index (Phi) is 4.75. The van der Waals surface area contributed by atoms with E-state index in [0.29, 0.717) is 13.1 Å². The SMILES string of the molecule is COc1cccc(C[n+]2ccn(CC(C)=O)c2-c2ccccc2)c1. The second-order valence-electron chi connectivity index (χ2n) is 5.80. The van der Waals surface area contributed by atoms with Crippen molar-refractivity contribution in [2.75, 3.05) is 7.11 Å². The van der Waals surface area contributed by atoms with Gasteiger partial charge in [-0.05, 0) is 36.8 Å². The van der Waals surface area contributed by atoms with Crippen molar-refractivity contribution in [3.05, 3.63) is 72.6 Å². The standard InChI is InChI=1S/C20H21N2O2/c1-16(23)14-21-11-12-22(20(21)18-8-4-3-5-9-18)15-17-7-6-10-19(13-17)24-2/h3-13H,14-15H2,1-2H3/q+1. The van der Waals surface area contributed by atoms with Gasteiger partial charge in [0, 0.05) is 0 Å². The molecular weight excluding hydrogens is 300 g/mol. The first-order valence-electron chi connectivity index (χ1n) is 7.94. The number of aromatic nitrogens is 2. The molecule has 1 heterocycles. The van der Waals surface area contributed by atoms with Crippen molar-refractivity contribution in [3.63, 3.8) is 0 Å². The summed E-state index contributed by atoms with van der Waals surface area (Å²) in [7, 11) is 1.67. The number of hydrogen-bond donors (Lipinski definition) is 0.